The summed E-state index contributed by atoms with van der Waals surface area (Å²) < 4.78 is 23.4. The van der Waals surface area contributed by atoms with Crippen LogP contribution >= 0.6 is 0 Å². The number of Topliss-reactive ketones (excluding diaryl/α,β-unsaturated/α-hetero) is 1. The predicted octanol–water partition coefficient (Wildman–Crippen LogP) is 2.08. The van der Waals surface area contributed by atoms with E-state index in [1.165, 1.54) is 17.4 Å². The third-order valence-electron chi connectivity index (χ3n) is 4.72. The quantitative estimate of drug-likeness (QED) is 0.868. The first-order valence-electron chi connectivity index (χ1n) is 7.51. The van der Waals surface area contributed by atoms with Crippen LogP contribution in [0.4, 0.5) is 0 Å². The first-order valence-corrected chi connectivity index (χ1v) is 9.46. The van der Waals surface area contributed by atoms with Crippen LogP contribution in [0.15, 0.2) is 18.2 Å². The number of fused-ring (bicyclic) bond motifs is 1. The van der Waals surface area contributed by atoms with Crippen molar-refractivity contribution in [2.24, 2.45) is 5.92 Å². The smallest absolute Gasteiger partial charge is 0.165 e. The summed E-state index contributed by atoms with van der Waals surface area (Å²) in [7, 11) is -3.05. The molecule has 0 amide bonds. The van der Waals surface area contributed by atoms with Crippen molar-refractivity contribution >= 4 is 15.6 Å². The SMILES string of the molecule is CS(=O)(=O)C1CCCC(C(=O)c2ccc3c(c2)CNC3)C1. The van der Waals surface area contributed by atoms with Crippen LogP contribution < -0.4 is 5.32 Å². The fourth-order valence-electron chi connectivity index (χ4n) is 3.46. The molecule has 21 heavy (non-hydrogen) atoms. The highest BCUT2D eigenvalue weighted by atomic mass is 32.2. The average molecular weight is 307 g/mol. The first kappa shape index (κ1) is 14.7. The molecule has 2 atom stereocenters. The maximum atomic E-state index is 12.7. The summed E-state index contributed by atoms with van der Waals surface area (Å²) in [6.07, 6.45) is 4.08. The van der Waals surface area contributed by atoms with E-state index in [9.17, 15) is 13.2 Å². The van der Waals surface area contributed by atoms with Crippen LogP contribution in [0.3, 0.4) is 0 Å². The lowest BCUT2D eigenvalue weighted by Gasteiger charge is -2.27. The molecule has 1 aliphatic heterocycles. The molecule has 0 aromatic heterocycles. The molecule has 2 unspecified atom stereocenters. The molecule has 3 rings (SSSR count). The fourth-order valence-corrected chi connectivity index (χ4v) is 4.63. The minimum atomic E-state index is -3.05. The molecule has 1 aliphatic carbocycles. The lowest BCUT2D eigenvalue weighted by atomic mass is 9.83. The lowest BCUT2D eigenvalue weighted by molar-refractivity contribution is 0.0891. The molecule has 0 radical (unpaired) electrons. The number of hydrogen-bond donors (Lipinski definition) is 1. The number of hydrogen-bond acceptors (Lipinski definition) is 4. The number of rotatable bonds is 3. The number of nitrogens with one attached hydrogen (secondary N) is 1. The predicted molar refractivity (Wildman–Crippen MR) is 81.9 cm³/mol. The highest BCUT2D eigenvalue weighted by Crippen LogP contribution is 2.31. The van der Waals surface area contributed by atoms with Crippen molar-refractivity contribution in [2.75, 3.05) is 6.26 Å². The molecule has 1 saturated carbocycles. The van der Waals surface area contributed by atoms with Gasteiger partial charge in [0.1, 0.15) is 9.84 Å². The summed E-state index contributed by atoms with van der Waals surface area (Å²) in [6, 6.07) is 5.87. The molecule has 2 aliphatic rings. The van der Waals surface area contributed by atoms with Gasteiger partial charge in [-0.1, -0.05) is 18.6 Å². The highest BCUT2D eigenvalue weighted by molar-refractivity contribution is 7.91. The van der Waals surface area contributed by atoms with E-state index < -0.39 is 9.84 Å². The van der Waals surface area contributed by atoms with Gasteiger partial charge in [-0.25, -0.2) is 8.42 Å². The van der Waals surface area contributed by atoms with Gasteiger partial charge in [-0.05, 0) is 36.5 Å². The van der Waals surface area contributed by atoms with Gasteiger partial charge in [0.05, 0.1) is 5.25 Å². The second kappa shape index (κ2) is 5.54. The van der Waals surface area contributed by atoms with Gasteiger partial charge in [-0.15, -0.1) is 0 Å². The van der Waals surface area contributed by atoms with Crippen molar-refractivity contribution in [1.29, 1.82) is 0 Å². The average Bonchev–Trinajstić information content (AvgIpc) is 2.93. The number of benzene rings is 1. The summed E-state index contributed by atoms with van der Waals surface area (Å²) in [5.74, 6) is -0.0380. The van der Waals surface area contributed by atoms with Crippen molar-refractivity contribution < 1.29 is 13.2 Å². The fraction of sp³-hybridized carbons (Fsp3) is 0.562. The molecular formula is C16H21NO3S. The zero-order valence-electron chi connectivity index (χ0n) is 12.3. The molecule has 0 bridgehead atoms. The summed E-state index contributed by atoms with van der Waals surface area (Å²) >= 11 is 0. The van der Waals surface area contributed by atoms with Crippen molar-refractivity contribution in [1.82, 2.24) is 5.32 Å². The van der Waals surface area contributed by atoms with Crippen LogP contribution in [0.1, 0.15) is 47.2 Å². The number of sulfone groups is 1. The molecule has 1 fully saturated rings. The number of carbonyl (C=O) groups excluding carboxylic acids is 1. The van der Waals surface area contributed by atoms with E-state index in [0.29, 0.717) is 12.8 Å². The zero-order valence-corrected chi connectivity index (χ0v) is 13.1. The Bertz CT molecular complexity index is 666. The van der Waals surface area contributed by atoms with Gasteiger partial charge in [-0.2, -0.15) is 0 Å². The topological polar surface area (TPSA) is 63.2 Å². The molecule has 114 valence electrons. The Morgan fingerprint density at radius 3 is 2.71 bits per heavy atom. The van der Waals surface area contributed by atoms with Crippen LogP contribution in [0.2, 0.25) is 0 Å². The van der Waals surface area contributed by atoms with Gasteiger partial charge in [0.2, 0.25) is 0 Å². The zero-order chi connectivity index (χ0) is 15.0. The Kier molecular flexibility index (Phi) is 3.88. The number of carbonyl (C=O) groups is 1. The lowest BCUT2D eigenvalue weighted by Crippen LogP contribution is -2.31. The molecular weight excluding hydrogens is 286 g/mol. The normalized spacial score (nSPS) is 25.6. The van der Waals surface area contributed by atoms with E-state index in [2.05, 4.69) is 5.32 Å². The van der Waals surface area contributed by atoms with E-state index in [4.69, 9.17) is 0 Å². The highest BCUT2D eigenvalue weighted by Gasteiger charge is 2.33. The van der Waals surface area contributed by atoms with Gasteiger partial charge in [0.25, 0.3) is 0 Å². The molecule has 1 aromatic carbocycles. The molecule has 4 nitrogen and oxygen atoms in total. The Morgan fingerprint density at radius 2 is 1.95 bits per heavy atom. The van der Waals surface area contributed by atoms with E-state index in [1.807, 2.05) is 18.2 Å². The van der Waals surface area contributed by atoms with Crippen LogP contribution in [0, 0.1) is 5.92 Å². The van der Waals surface area contributed by atoms with Gasteiger partial charge < -0.3 is 5.32 Å². The summed E-state index contributed by atoms with van der Waals surface area (Å²) in [5, 5.41) is 2.92. The third-order valence-corrected chi connectivity index (χ3v) is 6.36. The molecule has 0 saturated heterocycles. The van der Waals surface area contributed by atoms with E-state index in [0.717, 1.165) is 31.5 Å². The van der Waals surface area contributed by atoms with Gasteiger partial charge in [-0.3, -0.25) is 4.79 Å². The standard InChI is InChI=1S/C16H21NO3S/c1-21(19,20)15-4-2-3-11(8-15)16(18)12-5-6-13-9-17-10-14(13)7-12/h5-7,11,15,17H,2-4,8-10H2,1H3. The van der Waals surface area contributed by atoms with Gasteiger partial charge in [0.15, 0.2) is 5.78 Å². The maximum Gasteiger partial charge on any atom is 0.165 e. The Morgan fingerprint density at radius 1 is 1.19 bits per heavy atom. The second-order valence-corrected chi connectivity index (χ2v) is 8.59. The van der Waals surface area contributed by atoms with Crippen molar-refractivity contribution in [3.63, 3.8) is 0 Å². The van der Waals surface area contributed by atoms with Crippen molar-refractivity contribution in [3.05, 3.63) is 34.9 Å². The Balaban J connectivity index is 1.79. The summed E-state index contributed by atoms with van der Waals surface area (Å²) in [5.41, 5.74) is 3.18. The summed E-state index contributed by atoms with van der Waals surface area (Å²) in [4.78, 5) is 12.7. The van der Waals surface area contributed by atoms with E-state index in [-0.39, 0.29) is 17.0 Å². The Hall–Kier alpha value is -1.20. The van der Waals surface area contributed by atoms with Gasteiger partial charge >= 0.3 is 0 Å². The molecule has 1 aromatic rings. The van der Waals surface area contributed by atoms with Crippen LogP contribution in [-0.2, 0) is 22.9 Å². The maximum absolute atomic E-state index is 12.7. The number of ketones is 1. The van der Waals surface area contributed by atoms with Crippen molar-refractivity contribution in [2.45, 2.75) is 44.0 Å². The van der Waals surface area contributed by atoms with E-state index >= 15 is 0 Å². The largest absolute Gasteiger partial charge is 0.309 e. The van der Waals surface area contributed by atoms with Crippen LogP contribution in [0.25, 0.3) is 0 Å². The monoisotopic (exact) mass is 307 g/mol. The Labute approximate surface area is 125 Å². The van der Waals surface area contributed by atoms with Crippen molar-refractivity contribution in [3.8, 4) is 0 Å². The molecule has 1 N–H and O–H groups in total. The molecule has 1 heterocycles. The minimum absolute atomic E-state index is 0.109. The van der Waals surface area contributed by atoms with Gasteiger partial charge in [0, 0.05) is 30.8 Å². The van der Waals surface area contributed by atoms with Crippen LogP contribution in [-0.4, -0.2) is 25.7 Å². The third kappa shape index (κ3) is 3.04. The summed E-state index contributed by atoms with van der Waals surface area (Å²) in [6.45, 7) is 1.68. The molecule has 5 heteroatoms. The second-order valence-electron chi connectivity index (χ2n) is 6.27. The molecule has 0 spiro atoms. The first-order chi connectivity index (χ1) is 9.95. The van der Waals surface area contributed by atoms with E-state index in [1.54, 1.807) is 0 Å². The minimum Gasteiger partial charge on any atom is -0.309 e. The van der Waals surface area contributed by atoms with Crippen LogP contribution in [0.5, 0.6) is 0 Å².